The standard InChI is InChI=1S/C17H21F2NO3/c1-11-5-7-12(8-6-11)14(21)17(18,19)13-9-20(10-13)15(22)23-16(2,3)4/h5-8,13H,9-10H2,1-4H3. The predicted molar refractivity (Wildman–Crippen MR) is 81.8 cm³/mol. The molecule has 0 bridgehead atoms. The number of alkyl halides is 2. The third kappa shape index (κ3) is 3.86. The number of carbonyl (C=O) groups excluding carboxylic acids is 2. The molecule has 0 aliphatic carbocycles. The Morgan fingerprint density at radius 2 is 1.65 bits per heavy atom. The third-order valence-electron chi connectivity index (χ3n) is 3.66. The minimum Gasteiger partial charge on any atom is -0.444 e. The highest BCUT2D eigenvalue weighted by Gasteiger charge is 2.53. The van der Waals surface area contributed by atoms with Crippen LogP contribution in [0.4, 0.5) is 13.6 Å². The second-order valence-corrected chi connectivity index (χ2v) is 6.90. The van der Waals surface area contributed by atoms with Gasteiger partial charge in [0.2, 0.25) is 5.78 Å². The van der Waals surface area contributed by atoms with Crippen molar-refractivity contribution in [2.24, 2.45) is 5.92 Å². The van der Waals surface area contributed by atoms with Gasteiger partial charge in [-0.05, 0) is 27.7 Å². The summed E-state index contributed by atoms with van der Waals surface area (Å²) in [5.74, 6) is -5.87. The van der Waals surface area contributed by atoms with Crippen LogP contribution < -0.4 is 0 Å². The van der Waals surface area contributed by atoms with Gasteiger partial charge in [0.1, 0.15) is 5.60 Å². The first-order valence-electron chi connectivity index (χ1n) is 7.48. The SMILES string of the molecule is Cc1ccc(C(=O)C(F)(F)C2CN(C(=O)OC(C)(C)C)C2)cc1. The van der Waals surface area contributed by atoms with Gasteiger partial charge in [0.05, 0.1) is 5.92 Å². The second kappa shape index (κ2) is 5.91. The molecule has 126 valence electrons. The van der Waals surface area contributed by atoms with E-state index in [2.05, 4.69) is 0 Å². The Balaban J connectivity index is 1.98. The van der Waals surface area contributed by atoms with Crippen LogP contribution in [0.2, 0.25) is 0 Å². The van der Waals surface area contributed by atoms with E-state index >= 15 is 0 Å². The molecule has 0 spiro atoms. The first kappa shape index (κ1) is 17.4. The molecule has 0 saturated carbocycles. The van der Waals surface area contributed by atoms with Crippen molar-refractivity contribution in [1.82, 2.24) is 4.90 Å². The molecule has 1 aromatic carbocycles. The number of hydrogen-bond donors (Lipinski definition) is 0. The number of carbonyl (C=O) groups is 2. The smallest absolute Gasteiger partial charge is 0.410 e. The normalized spacial score (nSPS) is 16.0. The molecule has 0 N–H and O–H groups in total. The Kier molecular flexibility index (Phi) is 4.46. The van der Waals surface area contributed by atoms with Crippen molar-refractivity contribution < 1.29 is 23.1 Å². The average molecular weight is 325 g/mol. The van der Waals surface area contributed by atoms with Gasteiger partial charge in [0.15, 0.2) is 0 Å². The van der Waals surface area contributed by atoms with Crippen LogP contribution >= 0.6 is 0 Å². The highest BCUT2D eigenvalue weighted by Crippen LogP contribution is 2.36. The highest BCUT2D eigenvalue weighted by atomic mass is 19.3. The summed E-state index contributed by atoms with van der Waals surface area (Å²) in [6, 6.07) is 6.04. The number of Topliss-reactive ketones (excluding diaryl/α,β-unsaturated/α-hetero) is 1. The molecule has 0 radical (unpaired) electrons. The largest absolute Gasteiger partial charge is 0.444 e. The summed E-state index contributed by atoms with van der Waals surface area (Å²) in [7, 11) is 0. The lowest BCUT2D eigenvalue weighted by molar-refractivity contribution is -0.0886. The number of halogens is 2. The number of rotatable bonds is 3. The van der Waals surface area contributed by atoms with Crippen LogP contribution in [0.25, 0.3) is 0 Å². The second-order valence-electron chi connectivity index (χ2n) is 6.90. The van der Waals surface area contributed by atoms with Crippen molar-refractivity contribution in [3.05, 3.63) is 35.4 Å². The summed E-state index contributed by atoms with van der Waals surface area (Å²) in [4.78, 5) is 25.0. The molecule has 1 fully saturated rings. The Hall–Kier alpha value is -1.98. The maximum atomic E-state index is 14.3. The molecule has 1 aromatic rings. The van der Waals surface area contributed by atoms with E-state index in [0.29, 0.717) is 0 Å². The lowest BCUT2D eigenvalue weighted by Crippen LogP contribution is -2.59. The van der Waals surface area contributed by atoms with Gasteiger partial charge in [-0.1, -0.05) is 29.8 Å². The van der Waals surface area contributed by atoms with Crippen LogP contribution in [0.15, 0.2) is 24.3 Å². The zero-order valence-electron chi connectivity index (χ0n) is 13.7. The first-order chi connectivity index (χ1) is 10.5. The van der Waals surface area contributed by atoms with E-state index in [0.717, 1.165) is 5.56 Å². The summed E-state index contributed by atoms with van der Waals surface area (Å²) in [6.45, 7) is 6.57. The monoisotopic (exact) mass is 325 g/mol. The van der Waals surface area contributed by atoms with Crippen molar-refractivity contribution in [3.8, 4) is 0 Å². The fourth-order valence-corrected chi connectivity index (χ4v) is 2.27. The van der Waals surface area contributed by atoms with Crippen LogP contribution in [0, 0.1) is 12.8 Å². The van der Waals surface area contributed by atoms with E-state index in [4.69, 9.17) is 4.74 Å². The molecule has 2 rings (SSSR count). The molecule has 6 heteroatoms. The summed E-state index contributed by atoms with van der Waals surface area (Å²) in [5.41, 5.74) is 0.198. The van der Waals surface area contributed by atoms with Crippen LogP contribution in [0.5, 0.6) is 0 Å². The predicted octanol–water partition coefficient (Wildman–Crippen LogP) is 3.68. The van der Waals surface area contributed by atoms with Gasteiger partial charge in [0.25, 0.3) is 0 Å². The molecule has 1 aliphatic heterocycles. The lowest BCUT2D eigenvalue weighted by atomic mass is 9.88. The van der Waals surface area contributed by atoms with E-state index in [1.54, 1.807) is 32.9 Å². The molecule has 1 aliphatic rings. The Bertz CT molecular complexity index is 599. The molecule has 1 heterocycles. The topological polar surface area (TPSA) is 46.6 Å². The van der Waals surface area contributed by atoms with Crippen molar-refractivity contribution in [1.29, 1.82) is 0 Å². The molecule has 0 unspecified atom stereocenters. The Morgan fingerprint density at radius 1 is 1.13 bits per heavy atom. The van der Waals surface area contributed by atoms with Crippen molar-refractivity contribution in [3.63, 3.8) is 0 Å². The van der Waals surface area contributed by atoms with Crippen molar-refractivity contribution >= 4 is 11.9 Å². The molecule has 4 nitrogen and oxygen atoms in total. The van der Waals surface area contributed by atoms with E-state index in [9.17, 15) is 18.4 Å². The number of hydrogen-bond acceptors (Lipinski definition) is 3. The number of aryl methyl sites for hydroxylation is 1. The van der Waals surface area contributed by atoms with E-state index in [-0.39, 0.29) is 18.7 Å². The van der Waals surface area contributed by atoms with E-state index < -0.39 is 29.3 Å². The van der Waals surface area contributed by atoms with Crippen molar-refractivity contribution in [2.75, 3.05) is 13.1 Å². The summed E-state index contributed by atoms with van der Waals surface area (Å²) < 4.78 is 33.7. The van der Waals surface area contributed by atoms with Gasteiger partial charge < -0.3 is 9.64 Å². The molecule has 1 amide bonds. The van der Waals surface area contributed by atoms with Gasteiger partial charge in [-0.15, -0.1) is 0 Å². The maximum Gasteiger partial charge on any atom is 0.410 e. The zero-order chi connectivity index (χ0) is 17.4. The molecule has 23 heavy (non-hydrogen) atoms. The molecule has 0 atom stereocenters. The van der Waals surface area contributed by atoms with Crippen LogP contribution in [-0.4, -0.2) is 41.4 Å². The number of nitrogens with zero attached hydrogens (tertiary/aromatic N) is 1. The van der Waals surface area contributed by atoms with Gasteiger partial charge in [0, 0.05) is 18.7 Å². The highest BCUT2D eigenvalue weighted by molar-refractivity contribution is 6.01. The third-order valence-corrected chi connectivity index (χ3v) is 3.66. The fraction of sp³-hybridized carbons (Fsp3) is 0.529. The number of amides is 1. The van der Waals surface area contributed by atoms with Gasteiger partial charge in [-0.25, -0.2) is 4.79 Å². The maximum absolute atomic E-state index is 14.3. The summed E-state index contributed by atoms with van der Waals surface area (Å²) in [5, 5.41) is 0. The Labute approximate surface area is 134 Å². The number of benzene rings is 1. The lowest BCUT2D eigenvalue weighted by Gasteiger charge is -2.42. The minimum absolute atomic E-state index is 0.0173. The molecule has 1 saturated heterocycles. The van der Waals surface area contributed by atoms with E-state index in [1.807, 2.05) is 6.92 Å². The summed E-state index contributed by atoms with van der Waals surface area (Å²) in [6.07, 6.45) is -0.632. The van der Waals surface area contributed by atoms with Crippen LogP contribution in [-0.2, 0) is 4.74 Å². The molecule has 0 aromatic heterocycles. The number of likely N-dealkylation sites (tertiary alicyclic amines) is 1. The minimum atomic E-state index is -3.49. The molecular weight excluding hydrogens is 304 g/mol. The number of ketones is 1. The quantitative estimate of drug-likeness (QED) is 0.797. The van der Waals surface area contributed by atoms with Crippen LogP contribution in [0.3, 0.4) is 0 Å². The first-order valence-corrected chi connectivity index (χ1v) is 7.48. The van der Waals surface area contributed by atoms with Crippen LogP contribution in [0.1, 0.15) is 36.7 Å². The summed E-state index contributed by atoms with van der Waals surface area (Å²) >= 11 is 0. The van der Waals surface area contributed by atoms with Gasteiger partial charge in [-0.2, -0.15) is 8.78 Å². The Morgan fingerprint density at radius 3 is 2.13 bits per heavy atom. The van der Waals surface area contributed by atoms with Crippen molar-refractivity contribution in [2.45, 2.75) is 39.2 Å². The van der Waals surface area contributed by atoms with Gasteiger partial charge in [-0.3, -0.25) is 4.79 Å². The average Bonchev–Trinajstić information content (AvgIpc) is 2.34. The molecular formula is C17H21F2NO3. The van der Waals surface area contributed by atoms with Gasteiger partial charge >= 0.3 is 12.0 Å². The zero-order valence-corrected chi connectivity index (χ0v) is 13.7. The van der Waals surface area contributed by atoms with E-state index in [1.165, 1.54) is 17.0 Å². The number of ether oxygens (including phenoxy) is 1. The fourth-order valence-electron chi connectivity index (χ4n) is 2.27.